The molecule has 3 aromatic rings. The number of rotatable bonds is 7. The molecule has 0 amide bonds. The van der Waals surface area contributed by atoms with Gasteiger partial charge in [-0.25, -0.2) is 4.68 Å². The van der Waals surface area contributed by atoms with Crippen LogP contribution in [0.2, 0.25) is 0 Å². The summed E-state index contributed by atoms with van der Waals surface area (Å²) in [6.07, 6.45) is -1.11. The number of nitrogens with one attached hydrogen (secondary N) is 2. The van der Waals surface area contributed by atoms with Gasteiger partial charge in [-0.1, -0.05) is 12.1 Å². The van der Waals surface area contributed by atoms with Crippen LogP contribution in [0.5, 0.6) is 5.75 Å². The number of alkyl halides is 3. The fourth-order valence-corrected chi connectivity index (χ4v) is 2.61. The van der Waals surface area contributed by atoms with Crippen LogP contribution in [-0.4, -0.2) is 27.6 Å². The first-order valence-corrected chi connectivity index (χ1v) is 8.73. The average molecular weight is 425 g/mol. The van der Waals surface area contributed by atoms with Gasteiger partial charge in [-0.15, -0.1) is 13.2 Å². The molecule has 0 saturated heterocycles. The summed E-state index contributed by atoms with van der Waals surface area (Å²) in [5.41, 5.74) is 1.03. The zero-order valence-electron chi connectivity index (χ0n) is 15.7. The van der Waals surface area contributed by atoms with Crippen molar-refractivity contribution in [1.29, 1.82) is 10.7 Å². The lowest BCUT2D eigenvalue weighted by atomic mass is 10.1. The number of ketones is 1. The van der Waals surface area contributed by atoms with E-state index in [0.29, 0.717) is 11.3 Å². The predicted molar refractivity (Wildman–Crippen MR) is 106 cm³/mol. The largest absolute Gasteiger partial charge is 0.573 e. The van der Waals surface area contributed by atoms with E-state index in [1.165, 1.54) is 35.3 Å². The average Bonchev–Trinajstić information content (AvgIpc) is 3.22. The maximum atomic E-state index is 12.4. The van der Waals surface area contributed by atoms with Crippen molar-refractivity contribution in [2.24, 2.45) is 0 Å². The lowest BCUT2D eigenvalue weighted by Gasteiger charge is -2.10. The third-order valence-corrected chi connectivity index (χ3v) is 3.92. The Morgan fingerprint density at radius 1 is 1.19 bits per heavy atom. The highest BCUT2D eigenvalue weighted by Crippen LogP contribution is 2.25. The number of benzene rings is 2. The van der Waals surface area contributed by atoms with Crippen molar-refractivity contribution in [2.75, 3.05) is 5.32 Å². The van der Waals surface area contributed by atoms with E-state index in [9.17, 15) is 18.0 Å². The van der Waals surface area contributed by atoms with Crippen LogP contribution in [0.15, 0.2) is 73.1 Å². The van der Waals surface area contributed by atoms with E-state index in [-0.39, 0.29) is 17.1 Å². The number of nitriles is 1. The van der Waals surface area contributed by atoms with Crippen molar-refractivity contribution in [1.82, 2.24) is 9.78 Å². The molecular weight excluding hydrogens is 411 g/mol. The molecule has 3 rings (SSSR count). The summed E-state index contributed by atoms with van der Waals surface area (Å²) < 4.78 is 42.1. The van der Waals surface area contributed by atoms with Crippen LogP contribution < -0.4 is 10.1 Å². The number of carbonyl (C=O) groups is 1. The zero-order chi connectivity index (χ0) is 22.4. The first-order valence-electron chi connectivity index (χ1n) is 8.73. The second-order valence-electron chi connectivity index (χ2n) is 6.08. The van der Waals surface area contributed by atoms with Gasteiger partial charge in [-0.05, 0) is 36.4 Å². The van der Waals surface area contributed by atoms with E-state index in [2.05, 4.69) is 15.2 Å². The quantitative estimate of drug-likeness (QED) is 0.436. The summed E-state index contributed by atoms with van der Waals surface area (Å²) in [7, 11) is 0. The zero-order valence-corrected chi connectivity index (χ0v) is 15.7. The topological polar surface area (TPSA) is 104 Å². The Balaban J connectivity index is 1.70. The molecule has 1 heterocycles. The summed E-state index contributed by atoms with van der Waals surface area (Å²) in [4.78, 5) is 12.4. The Morgan fingerprint density at radius 2 is 1.97 bits per heavy atom. The molecule has 0 aliphatic rings. The van der Waals surface area contributed by atoms with Gasteiger partial charge in [0.2, 0.25) is 5.78 Å². The number of hydrogen-bond acceptors (Lipinski definition) is 6. The minimum absolute atomic E-state index is 0.213. The minimum Gasteiger partial charge on any atom is -0.406 e. The first kappa shape index (κ1) is 21.3. The third-order valence-electron chi connectivity index (χ3n) is 3.92. The number of aromatic nitrogens is 2. The van der Waals surface area contributed by atoms with Gasteiger partial charge in [0, 0.05) is 24.0 Å². The fraction of sp³-hybridized carbons (Fsp3) is 0.0476. The van der Waals surface area contributed by atoms with E-state index in [0.717, 1.165) is 18.2 Å². The number of anilines is 1. The summed E-state index contributed by atoms with van der Waals surface area (Å²) >= 11 is 0. The maximum absolute atomic E-state index is 12.4. The summed E-state index contributed by atoms with van der Waals surface area (Å²) in [5.74, 6) is -1.07. The number of hydrogen-bond donors (Lipinski definition) is 2. The van der Waals surface area contributed by atoms with Gasteiger partial charge in [-0.3, -0.25) is 10.2 Å². The minimum atomic E-state index is -4.81. The molecule has 31 heavy (non-hydrogen) atoms. The molecule has 0 spiro atoms. The van der Waals surface area contributed by atoms with Crippen molar-refractivity contribution in [2.45, 2.75) is 6.36 Å². The van der Waals surface area contributed by atoms with Gasteiger partial charge in [0.15, 0.2) is 0 Å². The molecular formula is C21H14F3N5O2. The lowest BCUT2D eigenvalue weighted by molar-refractivity contribution is -0.274. The monoisotopic (exact) mass is 425 g/mol. The van der Waals surface area contributed by atoms with Crippen LogP contribution in [-0.2, 0) is 4.79 Å². The van der Waals surface area contributed by atoms with Crippen molar-refractivity contribution in [3.8, 4) is 17.5 Å². The number of allylic oxidation sites excluding steroid dienone is 1. The Morgan fingerprint density at radius 3 is 2.71 bits per heavy atom. The molecule has 156 valence electrons. The molecule has 7 nitrogen and oxygen atoms in total. The Labute approximate surface area is 174 Å². The molecule has 0 aliphatic heterocycles. The second kappa shape index (κ2) is 8.96. The van der Waals surface area contributed by atoms with Gasteiger partial charge in [0.1, 0.15) is 11.5 Å². The molecule has 0 aliphatic carbocycles. The SMILES string of the molecule is N#Cc1cccc(-n2nccc2C(=N)C(=O)/C=C\Nc2cccc(OC(F)(F)F)c2)c1. The van der Waals surface area contributed by atoms with Crippen molar-refractivity contribution in [3.05, 3.63) is 84.3 Å². The highest BCUT2D eigenvalue weighted by atomic mass is 19.4. The summed E-state index contributed by atoms with van der Waals surface area (Å²) in [5, 5.41) is 24.0. The fourth-order valence-electron chi connectivity index (χ4n) is 2.61. The standard InChI is InChI=1S/C21H14F3N5O2/c22-21(23,24)31-17-6-2-4-15(12-17)27-9-8-19(30)20(26)18-7-10-28-29(18)16-5-1-3-14(11-16)13-25/h1-12,26-27H/b9-8-,26-20?. The van der Waals surface area contributed by atoms with Crippen molar-refractivity contribution in [3.63, 3.8) is 0 Å². The molecule has 2 N–H and O–H groups in total. The van der Waals surface area contributed by atoms with Gasteiger partial charge < -0.3 is 10.1 Å². The molecule has 0 bridgehead atoms. The number of halogens is 3. The number of carbonyl (C=O) groups excluding carboxylic acids is 1. The summed E-state index contributed by atoms with van der Waals surface area (Å²) in [6, 6.07) is 15.1. The summed E-state index contributed by atoms with van der Waals surface area (Å²) in [6.45, 7) is 0. The van der Waals surface area contributed by atoms with E-state index in [1.807, 2.05) is 6.07 Å². The van der Waals surface area contributed by atoms with Crippen LogP contribution in [0.3, 0.4) is 0 Å². The van der Waals surface area contributed by atoms with E-state index < -0.39 is 17.9 Å². The highest BCUT2D eigenvalue weighted by molar-refractivity contribution is 6.48. The Hall–Kier alpha value is -4.39. The van der Waals surface area contributed by atoms with Crippen LogP contribution in [0.4, 0.5) is 18.9 Å². The molecule has 0 atom stereocenters. The smallest absolute Gasteiger partial charge is 0.406 e. The van der Waals surface area contributed by atoms with Crippen LogP contribution in [0, 0.1) is 16.7 Å². The van der Waals surface area contributed by atoms with Gasteiger partial charge >= 0.3 is 6.36 Å². The lowest BCUT2D eigenvalue weighted by Crippen LogP contribution is -2.17. The molecule has 0 saturated carbocycles. The highest BCUT2D eigenvalue weighted by Gasteiger charge is 2.31. The second-order valence-corrected chi connectivity index (χ2v) is 6.08. The molecule has 0 fully saturated rings. The van der Waals surface area contributed by atoms with E-state index >= 15 is 0 Å². The molecule has 0 unspecified atom stereocenters. The van der Waals surface area contributed by atoms with E-state index in [1.54, 1.807) is 24.3 Å². The van der Waals surface area contributed by atoms with Crippen molar-refractivity contribution < 1.29 is 22.7 Å². The molecule has 1 aromatic heterocycles. The molecule has 10 heteroatoms. The van der Waals surface area contributed by atoms with Crippen LogP contribution >= 0.6 is 0 Å². The Bertz CT molecular complexity index is 1190. The van der Waals surface area contributed by atoms with E-state index in [4.69, 9.17) is 10.7 Å². The molecule has 0 radical (unpaired) electrons. The normalized spacial score (nSPS) is 11.2. The first-order chi connectivity index (χ1) is 14.8. The Kier molecular flexibility index (Phi) is 6.16. The van der Waals surface area contributed by atoms with Crippen molar-refractivity contribution >= 4 is 17.2 Å². The number of ether oxygens (including phenoxy) is 1. The number of nitrogens with zero attached hydrogens (tertiary/aromatic N) is 3. The third kappa shape index (κ3) is 5.57. The van der Waals surface area contributed by atoms with Crippen LogP contribution in [0.1, 0.15) is 11.3 Å². The van der Waals surface area contributed by atoms with Crippen LogP contribution in [0.25, 0.3) is 5.69 Å². The van der Waals surface area contributed by atoms with Gasteiger partial charge in [-0.2, -0.15) is 10.4 Å². The predicted octanol–water partition coefficient (Wildman–Crippen LogP) is 4.21. The molecule has 2 aromatic carbocycles. The van der Waals surface area contributed by atoms with Gasteiger partial charge in [0.25, 0.3) is 0 Å². The van der Waals surface area contributed by atoms with Gasteiger partial charge in [0.05, 0.1) is 29.2 Å². The maximum Gasteiger partial charge on any atom is 0.573 e.